The zero-order valence-corrected chi connectivity index (χ0v) is 22.7. The summed E-state index contributed by atoms with van der Waals surface area (Å²) in [7, 11) is -3.51. The predicted molar refractivity (Wildman–Crippen MR) is 146 cm³/mol. The van der Waals surface area contributed by atoms with Crippen molar-refractivity contribution in [2.24, 2.45) is 0 Å². The zero-order chi connectivity index (χ0) is 26.5. The summed E-state index contributed by atoms with van der Waals surface area (Å²) in [6.45, 7) is 4.82. The summed E-state index contributed by atoms with van der Waals surface area (Å²) >= 11 is 0. The lowest BCUT2D eigenvalue weighted by Crippen LogP contribution is -2.41. The molecule has 0 aromatic heterocycles. The zero-order valence-electron chi connectivity index (χ0n) is 21.9. The van der Waals surface area contributed by atoms with E-state index in [2.05, 4.69) is 6.07 Å². The van der Waals surface area contributed by atoms with E-state index < -0.39 is 15.4 Å². The molecule has 3 aliphatic rings. The van der Waals surface area contributed by atoms with Crippen LogP contribution in [0.25, 0.3) is 11.1 Å². The highest BCUT2D eigenvalue weighted by molar-refractivity contribution is 7.89. The second kappa shape index (κ2) is 9.54. The van der Waals surface area contributed by atoms with E-state index in [1.54, 1.807) is 16.4 Å². The summed E-state index contributed by atoms with van der Waals surface area (Å²) < 4.78 is 39.1. The number of sulfonamides is 1. The van der Waals surface area contributed by atoms with Gasteiger partial charge in [0.15, 0.2) is 11.5 Å². The van der Waals surface area contributed by atoms with Gasteiger partial charge in [-0.05, 0) is 91.6 Å². The smallest absolute Gasteiger partial charge is 0.243 e. The number of carbonyl (C=O) groups is 1. The van der Waals surface area contributed by atoms with Crippen LogP contribution in [-0.2, 0) is 26.7 Å². The standard InChI is InChI=1S/C31H33NO5S/c1-21-6-7-23(18-30(33)31(14-15-31)25-10-13-28-29(19-25)37-20-36-28)17-27(21)24-8-11-26(12-9-24)38(34,35)32-16-4-3-5-22(32)2/h6-13,17,19,22H,3-5,14-16,18,20H2,1-2H3. The van der Waals surface area contributed by atoms with Crippen LogP contribution in [0.2, 0.25) is 0 Å². The molecule has 0 bridgehead atoms. The van der Waals surface area contributed by atoms with Crippen LogP contribution in [-0.4, -0.2) is 37.9 Å². The number of piperidine rings is 1. The average Bonchev–Trinajstić information content (AvgIpc) is 3.60. The number of benzene rings is 3. The second-order valence-electron chi connectivity index (χ2n) is 10.9. The van der Waals surface area contributed by atoms with Gasteiger partial charge >= 0.3 is 0 Å². The molecule has 6 rings (SSSR count). The number of hydrogen-bond donors (Lipinski definition) is 0. The molecule has 1 unspecified atom stereocenters. The maximum atomic E-state index is 13.5. The van der Waals surface area contributed by atoms with Crippen LogP contribution < -0.4 is 9.47 Å². The van der Waals surface area contributed by atoms with Gasteiger partial charge in [-0.15, -0.1) is 0 Å². The molecule has 38 heavy (non-hydrogen) atoms. The quantitative estimate of drug-likeness (QED) is 0.385. The highest BCUT2D eigenvalue weighted by Crippen LogP contribution is 2.51. The van der Waals surface area contributed by atoms with Gasteiger partial charge in [-0.2, -0.15) is 4.31 Å². The highest BCUT2D eigenvalue weighted by atomic mass is 32.2. The number of hydrogen-bond acceptors (Lipinski definition) is 5. The SMILES string of the molecule is Cc1ccc(CC(=O)C2(c3ccc4c(c3)OCO4)CC2)cc1-c1ccc(S(=O)(=O)N2CCCCC2C)cc1. The Labute approximate surface area is 224 Å². The molecule has 2 heterocycles. The molecule has 1 saturated heterocycles. The fraction of sp³-hybridized carbons (Fsp3) is 0.387. The Hall–Kier alpha value is -3.16. The number of fused-ring (bicyclic) bond motifs is 1. The Morgan fingerprint density at radius 3 is 2.47 bits per heavy atom. The van der Waals surface area contributed by atoms with E-state index in [0.717, 1.165) is 65.7 Å². The van der Waals surface area contributed by atoms with E-state index in [1.807, 2.05) is 56.3 Å². The normalized spacial score (nSPS) is 20.3. The molecule has 0 amide bonds. The first-order valence-corrected chi connectivity index (χ1v) is 14.9. The Morgan fingerprint density at radius 1 is 0.974 bits per heavy atom. The van der Waals surface area contributed by atoms with E-state index in [9.17, 15) is 13.2 Å². The molecule has 0 N–H and O–H groups in total. The second-order valence-corrected chi connectivity index (χ2v) is 12.8. The Kier molecular flexibility index (Phi) is 6.31. The van der Waals surface area contributed by atoms with Crippen LogP contribution in [0.3, 0.4) is 0 Å². The van der Waals surface area contributed by atoms with E-state index in [0.29, 0.717) is 23.6 Å². The van der Waals surface area contributed by atoms with Crippen molar-refractivity contribution in [3.8, 4) is 22.6 Å². The number of aryl methyl sites for hydroxylation is 1. The number of Topliss-reactive ketones (excluding diaryl/α,β-unsaturated/α-hetero) is 1. The minimum atomic E-state index is -3.51. The Bertz CT molecular complexity index is 1490. The van der Waals surface area contributed by atoms with Crippen LogP contribution in [0, 0.1) is 6.92 Å². The van der Waals surface area contributed by atoms with Gasteiger partial charge in [0, 0.05) is 19.0 Å². The monoisotopic (exact) mass is 531 g/mol. The molecule has 1 aliphatic carbocycles. The van der Waals surface area contributed by atoms with Gasteiger partial charge < -0.3 is 9.47 Å². The molecule has 2 aliphatic heterocycles. The van der Waals surface area contributed by atoms with Crippen molar-refractivity contribution >= 4 is 15.8 Å². The molecule has 6 nitrogen and oxygen atoms in total. The van der Waals surface area contributed by atoms with Gasteiger partial charge in [0.05, 0.1) is 10.3 Å². The van der Waals surface area contributed by atoms with Gasteiger partial charge in [-0.25, -0.2) is 8.42 Å². The largest absolute Gasteiger partial charge is 0.454 e. The predicted octanol–water partition coefficient (Wildman–Crippen LogP) is 5.80. The maximum Gasteiger partial charge on any atom is 0.243 e. The average molecular weight is 532 g/mol. The molecule has 0 radical (unpaired) electrons. The van der Waals surface area contributed by atoms with Gasteiger partial charge in [-0.3, -0.25) is 4.79 Å². The van der Waals surface area contributed by atoms with Crippen LogP contribution in [0.15, 0.2) is 65.6 Å². The number of ketones is 1. The van der Waals surface area contributed by atoms with Gasteiger partial charge in [0.1, 0.15) is 5.78 Å². The van der Waals surface area contributed by atoms with Crippen molar-refractivity contribution in [3.05, 3.63) is 77.4 Å². The lowest BCUT2D eigenvalue weighted by Gasteiger charge is -2.32. The lowest BCUT2D eigenvalue weighted by atomic mass is 9.87. The van der Waals surface area contributed by atoms with Crippen LogP contribution in [0.4, 0.5) is 0 Å². The molecular weight excluding hydrogens is 498 g/mol. The summed E-state index contributed by atoms with van der Waals surface area (Å²) in [6, 6.07) is 19.2. The maximum absolute atomic E-state index is 13.5. The first-order chi connectivity index (χ1) is 18.3. The third-order valence-corrected chi connectivity index (χ3v) is 10.4. The van der Waals surface area contributed by atoms with Crippen LogP contribution in [0.1, 0.15) is 55.7 Å². The molecule has 0 spiro atoms. The summed E-state index contributed by atoms with van der Waals surface area (Å²) in [5.41, 5.74) is 4.55. The van der Waals surface area contributed by atoms with Crippen LogP contribution >= 0.6 is 0 Å². The summed E-state index contributed by atoms with van der Waals surface area (Å²) in [6.07, 6.45) is 4.91. The van der Waals surface area contributed by atoms with Crippen LogP contribution in [0.5, 0.6) is 11.5 Å². The molecule has 2 fully saturated rings. The molecule has 1 saturated carbocycles. The number of carbonyl (C=O) groups excluding carboxylic acids is 1. The molecule has 3 aromatic carbocycles. The number of ether oxygens (including phenoxy) is 2. The minimum Gasteiger partial charge on any atom is -0.454 e. The number of rotatable bonds is 7. The molecule has 198 valence electrons. The first-order valence-electron chi connectivity index (χ1n) is 13.4. The van der Waals surface area contributed by atoms with Gasteiger partial charge in [-0.1, -0.05) is 42.8 Å². The molecular formula is C31H33NO5S. The van der Waals surface area contributed by atoms with Crippen molar-refractivity contribution < 1.29 is 22.7 Å². The van der Waals surface area contributed by atoms with E-state index in [4.69, 9.17) is 9.47 Å². The van der Waals surface area contributed by atoms with Crippen molar-refractivity contribution in [2.75, 3.05) is 13.3 Å². The fourth-order valence-electron chi connectivity index (χ4n) is 5.86. The van der Waals surface area contributed by atoms with E-state index in [1.165, 1.54) is 0 Å². The third kappa shape index (κ3) is 4.41. The topological polar surface area (TPSA) is 72.9 Å². The van der Waals surface area contributed by atoms with E-state index in [-0.39, 0.29) is 18.6 Å². The molecule has 1 atom stereocenters. The summed E-state index contributed by atoms with van der Waals surface area (Å²) in [5, 5.41) is 0. The van der Waals surface area contributed by atoms with Crippen molar-refractivity contribution in [3.63, 3.8) is 0 Å². The molecule has 7 heteroatoms. The number of nitrogens with zero attached hydrogens (tertiary/aromatic N) is 1. The van der Waals surface area contributed by atoms with E-state index >= 15 is 0 Å². The Balaban J connectivity index is 1.22. The van der Waals surface area contributed by atoms with Gasteiger partial charge in [0.25, 0.3) is 0 Å². The first kappa shape index (κ1) is 25.1. The van der Waals surface area contributed by atoms with Crippen molar-refractivity contribution in [1.82, 2.24) is 4.31 Å². The highest BCUT2D eigenvalue weighted by Gasteiger charge is 2.50. The molecule has 3 aromatic rings. The third-order valence-electron chi connectivity index (χ3n) is 8.39. The lowest BCUT2D eigenvalue weighted by molar-refractivity contribution is -0.120. The van der Waals surface area contributed by atoms with Gasteiger partial charge in [0.2, 0.25) is 16.8 Å². The Morgan fingerprint density at radius 2 is 1.74 bits per heavy atom. The summed E-state index contributed by atoms with van der Waals surface area (Å²) in [4.78, 5) is 13.9. The van der Waals surface area contributed by atoms with Crippen molar-refractivity contribution in [1.29, 1.82) is 0 Å². The van der Waals surface area contributed by atoms with Crippen molar-refractivity contribution in [2.45, 2.75) is 68.7 Å². The minimum absolute atomic E-state index is 0.0253. The fourth-order valence-corrected chi connectivity index (χ4v) is 7.56. The summed E-state index contributed by atoms with van der Waals surface area (Å²) in [5.74, 6) is 1.65.